The van der Waals surface area contributed by atoms with E-state index in [2.05, 4.69) is 135 Å². The Bertz CT molecular complexity index is 1330. The van der Waals surface area contributed by atoms with E-state index >= 15 is 0 Å². The van der Waals surface area contributed by atoms with Gasteiger partial charge in [0.2, 0.25) is 0 Å². The number of hydrogen-bond donors (Lipinski definition) is 0. The lowest BCUT2D eigenvalue weighted by Crippen LogP contribution is -2.12. The van der Waals surface area contributed by atoms with Gasteiger partial charge in [0.25, 0.3) is 0 Å². The molecule has 2 heterocycles. The highest BCUT2D eigenvalue weighted by molar-refractivity contribution is 5.85. The molecular formula is C38H42N2O2. The lowest BCUT2D eigenvalue weighted by molar-refractivity contribution is 0.307. The van der Waals surface area contributed by atoms with Crippen LogP contribution in [0.4, 0.5) is 0 Å². The van der Waals surface area contributed by atoms with E-state index in [1.54, 1.807) is 0 Å². The third-order valence-corrected chi connectivity index (χ3v) is 7.59. The number of nitrogens with zero attached hydrogens (tertiary/aromatic N) is 2. The summed E-state index contributed by atoms with van der Waals surface area (Å²) in [6, 6.07) is 33.7. The predicted molar refractivity (Wildman–Crippen MR) is 175 cm³/mol. The van der Waals surface area contributed by atoms with Crippen molar-refractivity contribution in [3.63, 3.8) is 0 Å². The number of ether oxygens (including phenoxy) is 2. The molecular weight excluding hydrogens is 516 g/mol. The highest BCUT2D eigenvalue weighted by Gasteiger charge is 2.19. The molecule has 0 radical (unpaired) electrons. The van der Waals surface area contributed by atoms with Gasteiger partial charge in [0, 0.05) is 24.2 Å². The highest BCUT2D eigenvalue weighted by Crippen LogP contribution is 2.38. The Labute approximate surface area is 251 Å². The molecule has 0 atom stereocenters. The average Bonchev–Trinajstić information content (AvgIpc) is 3.26. The Hall–Kier alpha value is -4.12. The Kier molecular flexibility index (Phi) is 9.91. The summed E-state index contributed by atoms with van der Waals surface area (Å²) in [6.07, 6.45) is 6.74. The van der Waals surface area contributed by atoms with Crippen molar-refractivity contribution < 1.29 is 9.47 Å². The first-order valence-corrected chi connectivity index (χ1v) is 14.8. The van der Waals surface area contributed by atoms with Gasteiger partial charge in [-0.1, -0.05) is 97.1 Å². The van der Waals surface area contributed by atoms with E-state index in [0.717, 1.165) is 37.4 Å². The molecule has 4 aromatic carbocycles. The SMILES string of the molecule is CN(C)CC/C=C1/c2ccccc2COc2ccccc21.CN(C)CC/C=C1\c2ccccc2COc2ccccc21. The fourth-order valence-electron chi connectivity index (χ4n) is 5.42. The van der Waals surface area contributed by atoms with Gasteiger partial charge in [0.15, 0.2) is 0 Å². The molecule has 0 N–H and O–H groups in total. The second-order valence-electron chi connectivity index (χ2n) is 11.3. The van der Waals surface area contributed by atoms with E-state index < -0.39 is 0 Å². The van der Waals surface area contributed by atoms with Gasteiger partial charge in [-0.25, -0.2) is 0 Å². The minimum atomic E-state index is 0.637. The molecule has 0 bridgehead atoms. The molecule has 42 heavy (non-hydrogen) atoms. The van der Waals surface area contributed by atoms with Gasteiger partial charge in [-0.15, -0.1) is 0 Å². The summed E-state index contributed by atoms with van der Waals surface area (Å²) < 4.78 is 12.0. The van der Waals surface area contributed by atoms with Gasteiger partial charge in [0.05, 0.1) is 0 Å². The maximum Gasteiger partial charge on any atom is 0.127 e. The van der Waals surface area contributed by atoms with Crippen LogP contribution >= 0.6 is 0 Å². The number of rotatable bonds is 6. The van der Waals surface area contributed by atoms with Crippen molar-refractivity contribution in [2.45, 2.75) is 26.1 Å². The van der Waals surface area contributed by atoms with E-state index in [1.807, 2.05) is 12.1 Å². The maximum absolute atomic E-state index is 5.98. The lowest BCUT2D eigenvalue weighted by Gasteiger charge is -2.12. The summed E-state index contributed by atoms with van der Waals surface area (Å²) in [5, 5.41) is 0. The van der Waals surface area contributed by atoms with Gasteiger partial charge >= 0.3 is 0 Å². The molecule has 2 aliphatic heterocycles. The van der Waals surface area contributed by atoms with Crippen LogP contribution in [-0.2, 0) is 13.2 Å². The van der Waals surface area contributed by atoms with Crippen LogP contribution in [0.5, 0.6) is 11.5 Å². The van der Waals surface area contributed by atoms with Crippen molar-refractivity contribution in [3.8, 4) is 11.5 Å². The summed E-state index contributed by atoms with van der Waals surface area (Å²) in [6.45, 7) is 3.37. The minimum absolute atomic E-state index is 0.637. The molecule has 2 aliphatic rings. The van der Waals surface area contributed by atoms with Gasteiger partial charge in [-0.3, -0.25) is 0 Å². The number of benzene rings is 4. The first-order chi connectivity index (χ1) is 20.5. The molecule has 0 saturated heterocycles. The molecule has 4 aromatic rings. The maximum atomic E-state index is 5.98. The topological polar surface area (TPSA) is 24.9 Å². The smallest absolute Gasteiger partial charge is 0.127 e. The molecule has 6 rings (SSSR count). The molecule has 0 aromatic heterocycles. The summed E-state index contributed by atoms with van der Waals surface area (Å²) >= 11 is 0. The van der Waals surface area contributed by atoms with Gasteiger partial charge in [0.1, 0.15) is 24.7 Å². The Morgan fingerprint density at radius 2 is 0.857 bits per heavy atom. The molecule has 4 heteroatoms. The molecule has 216 valence electrons. The van der Waals surface area contributed by atoms with Gasteiger partial charge in [-0.2, -0.15) is 0 Å². The van der Waals surface area contributed by atoms with Crippen molar-refractivity contribution in [2.75, 3.05) is 41.3 Å². The van der Waals surface area contributed by atoms with Crippen molar-refractivity contribution in [1.82, 2.24) is 9.80 Å². The van der Waals surface area contributed by atoms with E-state index in [9.17, 15) is 0 Å². The normalized spacial score (nSPS) is 15.3. The Morgan fingerprint density at radius 3 is 1.26 bits per heavy atom. The third kappa shape index (κ3) is 7.20. The quantitative estimate of drug-likeness (QED) is 0.240. The molecule has 4 nitrogen and oxygen atoms in total. The summed E-state index contributed by atoms with van der Waals surface area (Å²) in [7, 11) is 8.43. The first-order valence-electron chi connectivity index (χ1n) is 14.8. The van der Waals surface area contributed by atoms with Gasteiger partial charge < -0.3 is 19.3 Å². The van der Waals surface area contributed by atoms with Crippen LogP contribution in [-0.4, -0.2) is 51.1 Å². The Balaban J connectivity index is 0.000000168. The second kappa shape index (κ2) is 14.2. The lowest BCUT2D eigenvalue weighted by atomic mass is 9.93. The van der Waals surface area contributed by atoms with Crippen molar-refractivity contribution in [3.05, 3.63) is 143 Å². The molecule has 0 aliphatic carbocycles. The standard InChI is InChI=1S/2C19H21NO/c2*1-20(2)13-7-11-17-16-9-4-3-8-15(16)14-21-19-12-6-5-10-18(17)19/h2*3-6,8-12H,7,13-14H2,1-2H3/b17-11+;17-11-. The van der Waals surface area contributed by atoms with Crippen LogP contribution in [0.2, 0.25) is 0 Å². The van der Waals surface area contributed by atoms with Crippen molar-refractivity contribution in [1.29, 1.82) is 0 Å². The second-order valence-corrected chi connectivity index (χ2v) is 11.3. The monoisotopic (exact) mass is 558 g/mol. The summed E-state index contributed by atoms with van der Waals surface area (Å²) in [4.78, 5) is 4.42. The number of hydrogen-bond acceptors (Lipinski definition) is 4. The van der Waals surface area contributed by atoms with E-state index in [-0.39, 0.29) is 0 Å². The number of fused-ring (bicyclic) bond motifs is 4. The zero-order chi connectivity index (χ0) is 29.3. The van der Waals surface area contributed by atoms with Crippen molar-refractivity contribution >= 4 is 11.1 Å². The third-order valence-electron chi connectivity index (χ3n) is 7.59. The highest BCUT2D eigenvalue weighted by atomic mass is 16.5. The molecule has 0 unspecified atom stereocenters. The zero-order valence-electron chi connectivity index (χ0n) is 25.3. The average molecular weight is 559 g/mol. The largest absolute Gasteiger partial charge is 0.488 e. The van der Waals surface area contributed by atoms with Crippen molar-refractivity contribution in [2.24, 2.45) is 0 Å². The van der Waals surface area contributed by atoms with Gasteiger partial charge in [-0.05, 0) is 86.6 Å². The van der Waals surface area contributed by atoms with E-state index in [4.69, 9.17) is 9.47 Å². The summed E-state index contributed by atoms with van der Waals surface area (Å²) in [5.41, 5.74) is 10.1. The van der Waals surface area contributed by atoms with Crippen LogP contribution in [0.25, 0.3) is 11.1 Å². The molecule has 0 saturated carbocycles. The Morgan fingerprint density at radius 1 is 0.500 bits per heavy atom. The fraction of sp³-hybridized carbons (Fsp3) is 0.263. The molecule has 0 fully saturated rings. The van der Waals surface area contributed by atoms with Crippen LogP contribution in [0.1, 0.15) is 46.2 Å². The predicted octanol–water partition coefficient (Wildman–Crippen LogP) is 7.92. The fourth-order valence-corrected chi connectivity index (χ4v) is 5.42. The molecule has 0 spiro atoms. The number of para-hydroxylation sites is 2. The van der Waals surface area contributed by atoms with Crippen LogP contribution < -0.4 is 9.47 Å². The van der Waals surface area contributed by atoms with Crippen LogP contribution in [0.3, 0.4) is 0 Å². The first kappa shape index (κ1) is 29.4. The minimum Gasteiger partial charge on any atom is -0.488 e. The molecule has 0 amide bonds. The van der Waals surface area contributed by atoms with E-state index in [1.165, 1.54) is 44.5 Å². The summed E-state index contributed by atoms with van der Waals surface area (Å²) in [5.74, 6) is 1.95. The van der Waals surface area contributed by atoms with Crippen LogP contribution in [0, 0.1) is 0 Å². The zero-order valence-corrected chi connectivity index (χ0v) is 25.3. The van der Waals surface area contributed by atoms with Crippen LogP contribution in [0.15, 0.2) is 109 Å². The van der Waals surface area contributed by atoms with E-state index in [0.29, 0.717) is 13.2 Å².